The van der Waals surface area contributed by atoms with Crippen molar-refractivity contribution in [2.45, 2.75) is 25.3 Å². The Labute approximate surface area is 241 Å². The van der Waals surface area contributed by atoms with E-state index in [1.807, 2.05) is 35.0 Å². The van der Waals surface area contributed by atoms with Crippen molar-refractivity contribution in [1.82, 2.24) is 25.1 Å². The Morgan fingerprint density at radius 1 is 1.00 bits per heavy atom. The van der Waals surface area contributed by atoms with E-state index in [-0.39, 0.29) is 12.1 Å². The Hall–Kier alpha value is -3.48. The van der Waals surface area contributed by atoms with Crippen LogP contribution in [0.3, 0.4) is 0 Å². The lowest BCUT2D eigenvalue weighted by Gasteiger charge is -2.36. The second-order valence-corrected chi connectivity index (χ2v) is 12.2. The predicted molar refractivity (Wildman–Crippen MR) is 153 cm³/mol. The molecule has 2 aromatic heterocycles. The van der Waals surface area contributed by atoms with Gasteiger partial charge >= 0.3 is 13.6 Å². The summed E-state index contributed by atoms with van der Waals surface area (Å²) in [7, 11) is -4.67. The molecule has 2 amide bonds. The molecular formula is C27H32N5O7PS. The number of carboxylic acids is 1. The van der Waals surface area contributed by atoms with Crippen molar-refractivity contribution >= 4 is 36.7 Å². The third-order valence-electron chi connectivity index (χ3n) is 6.63. The first-order chi connectivity index (χ1) is 19.6. The standard InChI is InChI=1S/C27H32N5O7PS/c33-24(34)8-4-5-10-31-11-13-32(14-12-31)27(36)23(17-40(37,38)39)30-26(35)22-16-21(20-9-15-41-18-20)28-25(29-22)19-6-2-1-3-7-19/h1-3,6-7,9,15-16,18,23H,4-5,8,10-14,17H2,(H,30,35)(H,33,34)(H2,37,38,39)/t23-/m0/s1. The minimum Gasteiger partial charge on any atom is -0.481 e. The molecule has 3 heterocycles. The largest absolute Gasteiger partial charge is 0.481 e. The van der Waals surface area contributed by atoms with Crippen LogP contribution in [0.15, 0.2) is 53.2 Å². The topological polar surface area (TPSA) is 173 Å². The fourth-order valence-electron chi connectivity index (χ4n) is 4.52. The summed E-state index contributed by atoms with van der Waals surface area (Å²) in [4.78, 5) is 69.5. The SMILES string of the molecule is O=C(O)CCCCN1CCN(C(=O)[C@H](CP(=O)(O)O)NC(=O)c2cc(-c3ccsc3)nc(-c3ccccc3)n2)CC1. The highest BCUT2D eigenvalue weighted by atomic mass is 32.1. The fourth-order valence-corrected chi connectivity index (χ4v) is 5.89. The van der Waals surface area contributed by atoms with Gasteiger partial charge in [-0.05, 0) is 36.9 Å². The van der Waals surface area contributed by atoms with Crippen LogP contribution in [0.2, 0.25) is 0 Å². The van der Waals surface area contributed by atoms with E-state index in [1.165, 1.54) is 22.3 Å². The van der Waals surface area contributed by atoms with Crippen LogP contribution in [0.5, 0.6) is 0 Å². The molecule has 1 aliphatic rings. The second-order valence-electron chi connectivity index (χ2n) is 9.73. The smallest absolute Gasteiger partial charge is 0.328 e. The van der Waals surface area contributed by atoms with Crippen molar-refractivity contribution in [2.24, 2.45) is 0 Å². The number of nitrogens with one attached hydrogen (secondary N) is 1. The number of carbonyl (C=O) groups is 3. The number of hydrogen-bond donors (Lipinski definition) is 4. The Bertz CT molecular complexity index is 1390. The third kappa shape index (κ3) is 9.00. The molecule has 4 rings (SSSR count). The molecule has 0 spiro atoms. The summed E-state index contributed by atoms with van der Waals surface area (Å²) in [6, 6.07) is 11.0. The molecule has 0 unspecified atom stereocenters. The number of amides is 2. The van der Waals surface area contributed by atoms with Crippen molar-refractivity contribution < 1.29 is 33.8 Å². The van der Waals surface area contributed by atoms with E-state index in [0.717, 1.165) is 5.56 Å². The monoisotopic (exact) mass is 601 g/mol. The van der Waals surface area contributed by atoms with Crippen LogP contribution in [0.25, 0.3) is 22.6 Å². The van der Waals surface area contributed by atoms with Gasteiger partial charge in [-0.25, -0.2) is 9.97 Å². The second kappa shape index (κ2) is 13.9. The number of benzene rings is 1. The quantitative estimate of drug-likeness (QED) is 0.178. The molecule has 0 radical (unpaired) electrons. The molecule has 41 heavy (non-hydrogen) atoms. The number of nitrogens with zero attached hydrogens (tertiary/aromatic N) is 4. The zero-order valence-corrected chi connectivity index (χ0v) is 24.0. The average molecular weight is 602 g/mol. The van der Waals surface area contributed by atoms with Crippen LogP contribution in [0.4, 0.5) is 0 Å². The van der Waals surface area contributed by atoms with Crippen LogP contribution in [0, 0.1) is 0 Å². The molecule has 12 nitrogen and oxygen atoms in total. The lowest BCUT2D eigenvalue weighted by Crippen LogP contribution is -2.56. The van der Waals surface area contributed by atoms with E-state index in [2.05, 4.69) is 20.2 Å². The highest BCUT2D eigenvalue weighted by molar-refractivity contribution is 7.51. The summed E-state index contributed by atoms with van der Waals surface area (Å²) in [5.74, 6) is -1.86. The third-order valence-corrected chi connectivity index (χ3v) is 8.15. The van der Waals surface area contributed by atoms with Crippen LogP contribution in [-0.2, 0) is 14.2 Å². The molecule has 1 atom stereocenters. The molecule has 218 valence electrons. The number of thiophene rings is 1. The number of carboxylic acid groups (broad SMARTS) is 1. The average Bonchev–Trinajstić information content (AvgIpc) is 3.50. The first-order valence-electron chi connectivity index (χ1n) is 13.1. The molecule has 1 fully saturated rings. The molecular weight excluding hydrogens is 569 g/mol. The van der Waals surface area contributed by atoms with Gasteiger partial charge < -0.3 is 25.1 Å². The molecule has 4 N–H and O–H groups in total. The fraction of sp³-hybridized carbons (Fsp3) is 0.370. The summed E-state index contributed by atoms with van der Waals surface area (Å²) >= 11 is 1.47. The first kappa shape index (κ1) is 30.5. The van der Waals surface area contributed by atoms with Crippen LogP contribution < -0.4 is 5.32 Å². The van der Waals surface area contributed by atoms with Crippen molar-refractivity contribution in [3.63, 3.8) is 0 Å². The summed E-state index contributed by atoms with van der Waals surface area (Å²) in [5, 5.41) is 15.1. The summed E-state index contributed by atoms with van der Waals surface area (Å²) in [5.41, 5.74) is 1.94. The summed E-state index contributed by atoms with van der Waals surface area (Å²) in [6.45, 7) is 2.40. The van der Waals surface area contributed by atoms with Crippen LogP contribution >= 0.6 is 18.9 Å². The van der Waals surface area contributed by atoms with Gasteiger partial charge in [0, 0.05) is 49.1 Å². The van der Waals surface area contributed by atoms with Crippen molar-refractivity contribution in [2.75, 3.05) is 38.9 Å². The van der Waals surface area contributed by atoms with Crippen LogP contribution in [0.1, 0.15) is 29.8 Å². The van der Waals surface area contributed by atoms with Crippen molar-refractivity contribution in [3.8, 4) is 22.6 Å². The zero-order chi connectivity index (χ0) is 29.4. The Kier molecular flexibility index (Phi) is 10.4. The van der Waals surface area contributed by atoms with Gasteiger partial charge in [0.25, 0.3) is 5.91 Å². The molecule has 0 aliphatic carbocycles. The maximum Gasteiger partial charge on any atom is 0.328 e. The van der Waals surface area contributed by atoms with E-state index in [9.17, 15) is 28.7 Å². The number of unbranched alkanes of at least 4 members (excludes halogenated alkanes) is 1. The van der Waals surface area contributed by atoms with E-state index >= 15 is 0 Å². The number of aromatic nitrogens is 2. The van der Waals surface area contributed by atoms with Crippen LogP contribution in [-0.4, -0.2) is 97.4 Å². The van der Waals surface area contributed by atoms with E-state index in [0.29, 0.717) is 62.6 Å². The van der Waals surface area contributed by atoms with Gasteiger partial charge in [-0.15, -0.1) is 0 Å². The maximum absolute atomic E-state index is 13.4. The Balaban J connectivity index is 1.49. The van der Waals surface area contributed by atoms with Crippen molar-refractivity contribution in [3.05, 3.63) is 58.9 Å². The molecule has 1 aromatic carbocycles. The zero-order valence-electron chi connectivity index (χ0n) is 22.3. The molecule has 3 aromatic rings. The Morgan fingerprint density at radius 3 is 2.37 bits per heavy atom. The van der Waals surface area contributed by atoms with E-state index in [4.69, 9.17) is 5.11 Å². The summed E-state index contributed by atoms with van der Waals surface area (Å²) < 4.78 is 11.9. The number of hydrogen-bond acceptors (Lipinski definition) is 8. The maximum atomic E-state index is 13.4. The first-order valence-corrected chi connectivity index (χ1v) is 15.9. The number of piperazine rings is 1. The van der Waals surface area contributed by atoms with Gasteiger partial charge in [0.2, 0.25) is 5.91 Å². The molecule has 1 saturated heterocycles. The highest BCUT2D eigenvalue weighted by Gasteiger charge is 2.34. The highest BCUT2D eigenvalue weighted by Crippen LogP contribution is 2.35. The van der Waals surface area contributed by atoms with Gasteiger partial charge in [0.1, 0.15) is 11.7 Å². The summed E-state index contributed by atoms with van der Waals surface area (Å²) in [6.07, 6.45) is 0.541. The Morgan fingerprint density at radius 2 is 1.73 bits per heavy atom. The minimum atomic E-state index is -4.67. The molecule has 0 bridgehead atoms. The van der Waals surface area contributed by atoms with Gasteiger partial charge in [0.05, 0.1) is 11.9 Å². The molecule has 14 heteroatoms. The molecule has 0 saturated carbocycles. The lowest BCUT2D eigenvalue weighted by molar-refractivity contribution is -0.137. The predicted octanol–water partition coefficient (Wildman–Crippen LogP) is 2.55. The number of carbonyl (C=O) groups excluding carboxylic acids is 2. The van der Waals surface area contributed by atoms with Crippen molar-refractivity contribution in [1.29, 1.82) is 0 Å². The minimum absolute atomic E-state index is 0.0326. The number of rotatable bonds is 12. The normalized spacial score (nSPS) is 14.9. The van der Waals surface area contributed by atoms with Gasteiger partial charge in [-0.2, -0.15) is 11.3 Å². The van der Waals surface area contributed by atoms with Gasteiger partial charge in [-0.1, -0.05) is 30.3 Å². The lowest BCUT2D eigenvalue weighted by atomic mass is 10.1. The van der Waals surface area contributed by atoms with Gasteiger partial charge in [0.15, 0.2) is 5.82 Å². The van der Waals surface area contributed by atoms with E-state index < -0.39 is 37.6 Å². The van der Waals surface area contributed by atoms with Gasteiger partial charge in [-0.3, -0.25) is 23.8 Å². The van der Waals surface area contributed by atoms with E-state index in [1.54, 1.807) is 12.1 Å². The molecule has 1 aliphatic heterocycles. The number of aliphatic carboxylic acids is 1.